The lowest BCUT2D eigenvalue weighted by molar-refractivity contribution is 0.0214. The van der Waals surface area contributed by atoms with Crippen molar-refractivity contribution in [2.75, 3.05) is 33.5 Å². The number of ether oxygens (including phenoxy) is 3. The minimum absolute atomic E-state index is 0.0847. The Balaban J connectivity index is 2.36. The van der Waals surface area contributed by atoms with Crippen molar-refractivity contribution in [1.82, 2.24) is 0 Å². The van der Waals surface area contributed by atoms with Crippen LogP contribution in [-0.4, -0.2) is 47.9 Å². The maximum atomic E-state index is 11.5. The second-order valence-electron chi connectivity index (χ2n) is 3.33. The predicted octanol–water partition coefficient (Wildman–Crippen LogP) is 1.50. The molecule has 1 heterocycles. The molecule has 0 spiro atoms. The van der Waals surface area contributed by atoms with Crippen molar-refractivity contribution in [2.24, 2.45) is 0 Å². The van der Waals surface area contributed by atoms with Crippen molar-refractivity contribution in [3.05, 3.63) is 17.0 Å². The summed E-state index contributed by atoms with van der Waals surface area (Å²) in [6.45, 7) is 1.22. The quantitative estimate of drug-likeness (QED) is 0.409. The number of hydrogen-bond acceptors (Lipinski definition) is 7. The van der Waals surface area contributed by atoms with E-state index in [1.54, 1.807) is 7.11 Å². The Hall–Kier alpha value is -0.670. The molecular weight excluding hydrogens is 316 g/mol. The molecule has 0 saturated carbocycles. The molecule has 0 radical (unpaired) electrons. The molecule has 0 aliphatic carbocycles. The van der Waals surface area contributed by atoms with E-state index >= 15 is 0 Å². The molecule has 0 bridgehead atoms. The van der Waals surface area contributed by atoms with Gasteiger partial charge in [0.2, 0.25) is 0 Å². The zero-order chi connectivity index (χ0) is 14.3. The Bertz CT molecular complexity index is 510. The van der Waals surface area contributed by atoms with Gasteiger partial charge in [0, 0.05) is 23.2 Å². The van der Waals surface area contributed by atoms with Crippen LogP contribution in [-0.2, 0) is 23.3 Å². The van der Waals surface area contributed by atoms with Gasteiger partial charge in [-0.2, -0.15) is 0 Å². The van der Waals surface area contributed by atoms with Crippen LogP contribution < -0.4 is 0 Å². The van der Waals surface area contributed by atoms with Gasteiger partial charge in [0.25, 0.3) is 9.05 Å². The molecule has 0 unspecified atom stereocenters. The molecular formula is C10H13ClO6S2. The first-order chi connectivity index (χ1) is 8.95. The van der Waals surface area contributed by atoms with Crippen molar-refractivity contribution in [3.8, 4) is 0 Å². The Morgan fingerprint density at radius 3 is 2.58 bits per heavy atom. The zero-order valence-corrected chi connectivity index (χ0v) is 12.5. The van der Waals surface area contributed by atoms with E-state index in [9.17, 15) is 13.2 Å². The van der Waals surface area contributed by atoms with Crippen LogP contribution in [0.3, 0.4) is 0 Å². The maximum absolute atomic E-state index is 11.5. The SMILES string of the molecule is COCCOCCOC(=O)c1csc(S(=O)(=O)Cl)c1. The minimum atomic E-state index is -3.81. The first kappa shape index (κ1) is 16.4. The van der Waals surface area contributed by atoms with Crippen LogP contribution in [0.4, 0.5) is 0 Å². The van der Waals surface area contributed by atoms with E-state index in [-0.39, 0.29) is 23.0 Å². The number of thiophene rings is 1. The Labute approximate surface area is 119 Å². The number of esters is 1. The fourth-order valence-corrected chi connectivity index (χ4v) is 3.01. The molecule has 0 atom stereocenters. The summed E-state index contributed by atoms with van der Waals surface area (Å²) in [4.78, 5) is 11.5. The molecule has 0 N–H and O–H groups in total. The predicted molar refractivity (Wildman–Crippen MR) is 70.3 cm³/mol. The first-order valence-corrected chi connectivity index (χ1v) is 8.41. The normalized spacial score (nSPS) is 11.5. The third-order valence-corrected chi connectivity index (χ3v) is 4.98. The summed E-state index contributed by atoms with van der Waals surface area (Å²) in [7, 11) is 2.90. The summed E-state index contributed by atoms with van der Waals surface area (Å²) in [5, 5.41) is 1.38. The van der Waals surface area contributed by atoms with E-state index in [4.69, 9.17) is 24.9 Å². The van der Waals surface area contributed by atoms with Gasteiger partial charge in [0.15, 0.2) is 0 Å². The van der Waals surface area contributed by atoms with Gasteiger partial charge < -0.3 is 14.2 Å². The van der Waals surface area contributed by atoms with Crippen molar-refractivity contribution >= 4 is 37.0 Å². The molecule has 108 valence electrons. The van der Waals surface area contributed by atoms with Gasteiger partial charge in [-0.05, 0) is 6.07 Å². The van der Waals surface area contributed by atoms with E-state index in [1.807, 2.05) is 0 Å². The number of hydrogen-bond donors (Lipinski definition) is 0. The molecule has 0 saturated heterocycles. The van der Waals surface area contributed by atoms with Crippen LogP contribution in [0, 0.1) is 0 Å². The van der Waals surface area contributed by atoms with Crippen LogP contribution in [0.5, 0.6) is 0 Å². The van der Waals surface area contributed by atoms with Gasteiger partial charge in [-0.1, -0.05) is 0 Å². The van der Waals surface area contributed by atoms with Gasteiger partial charge in [-0.25, -0.2) is 13.2 Å². The maximum Gasteiger partial charge on any atom is 0.339 e. The second-order valence-corrected chi connectivity index (χ2v) is 7.04. The fraction of sp³-hybridized carbons (Fsp3) is 0.500. The van der Waals surface area contributed by atoms with Gasteiger partial charge in [0.05, 0.1) is 25.4 Å². The largest absolute Gasteiger partial charge is 0.460 e. The van der Waals surface area contributed by atoms with E-state index in [2.05, 4.69) is 0 Å². The smallest absolute Gasteiger partial charge is 0.339 e. The van der Waals surface area contributed by atoms with Crippen LogP contribution in [0.1, 0.15) is 10.4 Å². The average molecular weight is 329 g/mol. The Morgan fingerprint density at radius 2 is 2.00 bits per heavy atom. The van der Waals surface area contributed by atoms with E-state index in [1.165, 1.54) is 11.4 Å². The molecule has 19 heavy (non-hydrogen) atoms. The number of methoxy groups -OCH3 is 1. The van der Waals surface area contributed by atoms with Crippen molar-refractivity contribution < 1.29 is 27.4 Å². The number of carbonyl (C=O) groups excluding carboxylic acids is 1. The number of rotatable bonds is 8. The molecule has 0 aliphatic rings. The second kappa shape index (κ2) is 7.81. The van der Waals surface area contributed by atoms with Gasteiger partial charge in [-0.15, -0.1) is 11.3 Å². The molecule has 0 amide bonds. The third-order valence-electron chi connectivity index (χ3n) is 1.94. The Morgan fingerprint density at radius 1 is 1.32 bits per heavy atom. The monoisotopic (exact) mass is 328 g/mol. The van der Waals surface area contributed by atoms with Gasteiger partial charge in [0.1, 0.15) is 10.8 Å². The highest BCUT2D eigenvalue weighted by molar-refractivity contribution is 8.15. The van der Waals surface area contributed by atoms with Crippen LogP contribution in [0.15, 0.2) is 15.7 Å². The lowest BCUT2D eigenvalue weighted by Crippen LogP contribution is -2.12. The summed E-state index contributed by atoms with van der Waals surface area (Å²) in [5.41, 5.74) is 0.154. The summed E-state index contributed by atoms with van der Waals surface area (Å²) in [6.07, 6.45) is 0. The molecule has 1 rings (SSSR count). The Kier molecular flexibility index (Phi) is 6.73. The van der Waals surface area contributed by atoms with Crippen LogP contribution in [0.2, 0.25) is 0 Å². The molecule has 1 aromatic rings. The van der Waals surface area contributed by atoms with E-state index < -0.39 is 15.0 Å². The summed E-state index contributed by atoms with van der Waals surface area (Å²) in [6, 6.07) is 1.18. The van der Waals surface area contributed by atoms with Crippen LogP contribution >= 0.6 is 22.0 Å². The summed E-state index contributed by atoms with van der Waals surface area (Å²) < 4.78 is 36.7. The van der Waals surface area contributed by atoms with Gasteiger partial charge >= 0.3 is 5.97 Å². The lowest BCUT2D eigenvalue weighted by Gasteiger charge is -2.04. The summed E-state index contributed by atoms with van der Waals surface area (Å²) in [5.74, 6) is -0.613. The minimum Gasteiger partial charge on any atom is -0.460 e. The van der Waals surface area contributed by atoms with Gasteiger partial charge in [-0.3, -0.25) is 0 Å². The lowest BCUT2D eigenvalue weighted by atomic mass is 10.3. The molecule has 0 aliphatic heterocycles. The molecule has 9 heteroatoms. The third kappa shape index (κ3) is 5.87. The number of halogens is 1. The molecule has 6 nitrogen and oxygen atoms in total. The van der Waals surface area contributed by atoms with Crippen LogP contribution in [0.25, 0.3) is 0 Å². The molecule has 0 fully saturated rings. The number of carbonyl (C=O) groups is 1. The molecule has 0 aromatic carbocycles. The highest BCUT2D eigenvalue weighted by atomic mass is 35.7. The highest BCUT2D eigenvalue weighted by Gasteiger charge is 2.17. The standard InChI is InChI=1S/C10H13ClO6S2/c1-15-2-3-16-4-5-17-10(12)8-6-9(18-7-8)19(11,13)14/h6-7H,2-5H2,1H3. The van der Waals surface area contributed by atoms with Crippen molar-refractivity contribution in [3.63, 3.8) is 0 Å². The fourth-order valence-electron chi connectivity index (χ4n) is 1.07. The highest BCUT2D eigenvalue weighted by Crippen LogP contribution is 2.23. The zero-order valence-electron chi connectivity index (χ0n) is 10.1. The van der Waals surface area contributed by atoms with Crippen molar-refractivity contribution in [1.29, 1.82) is 0 Å². The molecule has 1 aromatic heterocycles. The first-order valence-electron chi connectivity index (χ1n) is 5.22. The average Bonchev–Trinajstić information content (AvgIpc) is 2.82. The van der Waals surface area contributed by atoms with Crippen molar-refractivity contribution in [2.45, 2.75) is 4.21 Å². The summed E-state index contributed by atoms with van der Waals surface area (Å²) >= 11 is 0.867. The van der Waals surface area contributed by atoms with E-state index in [0.717, 1.165) is 11.3 Å². The topological polar surface area (TPSA) is 78.9 Å². The van der Waals surface area contributed by atoms with E-state index in [0.29, 0.717) is 13.2 Å².